The second kappa shape index (κ2) is 8.36. The standard InChI is InChI=1S/C23H24N4O2S/c1-5-29-19-9-7-6-8-18(19)24-20(28)13-30-23-26-25-22-16(4)12-17-11-14(2)10-15(3)21(17)27(22)23/h6-12H,5,13H2,1-4H3,(H,24,28). The van der Waals surface area contributed by atoms with E-state index in [9.17, 15) is 4.79 Å². The van der Waals surface area contributed by atoms with Gasteiger partial charge in [-0.1, -0.05) is 35.5 Å². The van der Waals surface area contributed by atoms with E-state index in [0.29, 0.717) is 23.2 Å². The molecule has 6 nitrogen and oxygen atoms in total. The van der Waals surface area contributed by atoms with Crippen LogP contribution in [0.25, 0.3) is 16.6 Å². The molecule has 2 heterocycles. The van der Waals surface area contributed by atoms with Gasteiger partial charge >= 0.3 is 0 Å². The molecule has 0 radical (unpaired) electrons. The Morgan fingerprint density at radius 1 is 1.10 bits per heavy atom. The Bertz CT molecular complexity index is 1250. The van der Waals surface area contributed by atoms with Crippen molar-refractivity contribution in [2.45, 2.75) is 32.9 Å². The fourth-order valence-corrected chi connectivity index (χ4v) is 4.43. The second-order valence-electron chi connectivity index (χ2n) is 7.25. The monoisotopic (exact) mass is 420 g/mol. The van der Waals surface area contributed by atoms with Crippen molar-refractivity contribution in [3.8, 4) is 5.75 Å². The number of pyridine rings is 1. The second-order valence-corrected chi connectivity index (χ2v) is 8.20. The molecule has 2 aromatic carbocycles. The lowest BCUT2D eigenvalue weighted by Gasteiger charge is -2.12. The van der Waals surface area contributed by atoms with Crippen molar-refractivity contribution in [2.75, 3.05) is 17.7 Å². The van der Waals surface area contributed by atoms with Crippen molar-refractivity contribution in [3.05, 3.63) is 59.2 Å². The topological polar surface area (TPSA) is 68.5 Å². The summed E-state index contributed by atoms with van der Waals surface area (Å²) in [6.45, 7) is 8.68. The quantitative estimate of drug-likeness (QED) is 0.448. The molecule has 30 heavy (non-hydrogen) atoms. The molecule has 0 atom stereocenters. The Morgan fingerprint density at radius 3 is 2.70 bits per heavy atom. The largest absolute Gasteiger partial charge is 0.492 e. The number of fused-ring (bicyclic) bond motifs is 3. The fraction of sp³-hybridized carbons (Fsp3) is 0.261. The van der Waals surface area contributed by atoms with Crippen LogP contribution in [0.1, 0.15) is 23.6 Å². The third kappa shape index (κ3) is 3.85. The van der Waals surface area contributed by atoms with Crippen LogP contribution >= 0.6 is 11.8 Å². The van der Waals surface area contributed by atoms with Gasteiger partial charge in [0, 0.05) is 0 Å². The van der Waals surface area contributed by atoms with E-state index >= 15 is 0 Å². The highest BCUT2D eigenvalue weighted by Crippen LogP contribution is 2.29. The first kappa shape index (κ1) is 20.2. The summed E-state index contributed by atoms with van der Waals surface area (Å²) >= 11 is 1.38. The van der Waals surface area contributed by atoms with Crippen LogP contribution in [0.4, 0.5) is 5.69 Å². The van der Waals surface area contributed by atoms with Crippen LogP contribution in [0, 0.1) is 20.8 Å². The van der Waals surface area contributed by atoms with Crippen LogP contribution in [0.2, 0.25) is 0 Å². The molecule has 0 aliphatic heterocycles. The highest BCUT2D eigenvalue weighted by molar-refractivity contribution is 7.99. The highest BCUT2D eigenvalue weighted by Gasteiger charge is 2.16. The van der Waals surface area contributed by atoms with Crippen molar-refractivity contribution in [3.63, 3.8) is 0 Å². The molecule has 4 aromatic rings. The summed E-state index contributed by atoms with van der Waals surface area (Å²) in [5.41, 5.74) is 6.00. The predicted molar refractivity (Wildman–Crippen MR) is 122 cm³/mol. The molecule has 0 aliphatic rings. The Balaban J connectivity index is 1.61. The Hall–Kier alpha value is -3.06. The molecular formula is C23H24N4O2S. The first-order chi connectivity index (χ1) is 14.5. The smallest absolute Gasteiger partial charge is 0.234 e. The molecule has 0 saturated carbocycles. The Morgan fingerprint density at radius 2 is 1.90 bits per heavy atom. The van der Waals surface area contributed by atoms with Crippen molar-refractivity contribution in [2.24, 2.45) is 0 Å². The van der Waals surface area contributed by atoms with E-state index in [1.54, 1.807) is 0 Å². The maximum absolute atomic E-state index is 12.6. The maximum atomic E-state index is 12.6. The summed E-state index contributed by atoms with van der Waals surface area (Å²) < 4.78 is 7.64. The molecule has 1 amide bonds. The molecular weight excluding hydrogens is 396 g/mol. The first-order valence-electron chi connectivity index (χ1n) is 9.88. The van der Waals surface area contributed by atoms with Crippen molar-refractivity contribution in [1.29, 1.82) is 0 Å². The fourth-order valence-electron chi connectivity index (χ4n) is 3.69. The number of amides is 1. The molecule has 1 N–H and O–H groups in total. The molecule has 7 heteroatoms. The van der Waals surface area contributed by atoms with E-state index in [0.717, 1.165) is 27.7 Å². The minimum atomic E-state index is -0.117. The number of aromatic nitrogens is 3. The van der Waals surface area contributed by atoms with E-state index in [2.05, 4.69) is 52.0 Å². The minimum absolute atomic E-state index is 0.117. The van der Waals surface area contributed by atoms with Crippen LogP contribution in [0.3, 0.4) is 0 Å². The number of rotatable bonds is 6. The number of para-hydroxylation sites is 2. The SMILES string of the molecule is CCOc1ccccc1NC(=O)CSc1nnc2c(C)cc3cc(C)cc(C)c3n12. The number of carbonyl (C=O) groups is 1. The Labute approximate surface area is 179 Å². The number of nitrogens with one attached hydrogen (secondary N) is 1. The van der Waals surface area contributed by atoms with E-state index in [-0.39, 0.29) is 11.7 Å². The number of aryl methyl sites for hydroxylation is 3. The zero-order chi connectivity index (χ0) is 21.3. The minimum Gasteiger partial charge on any atom is -0.492 e. The van der Waals surface area contributed by atoms with Crippen molar-refractivity contribution < 1.29 is 9.53 Å². The van der Waals surface area contributed by atoms with Gasteiger partial charge in [0.1, 0.15) is 5.75 Å². The van der Waals surface area contributed by atoms with Gasteiger partial charge < -0.3 is 10.1 Å². The van der Waals surface area contributed by atoms with Gasteiger partial charge in [0.15, 0.2) is 10.8 Å². The van der Waals surface area contributed by atoms with Crippen LogP contribution in [0.15, 0.2) is 47.6 Å². The average molecular weight is 421 g/mol. The number of hydrogen-bond donors (Lipinski definition) is 1. The predicted octanol–water partition coefficient (Wildman–Crippen LogP) is 4.94. The molecule has 154 valence electrons. The van der Waals surface area contributed by atoms with Gasteiger partial charge in [-0.25, -0.2) is 0 Å². The van der Waals surface area contributed by atoms with Gasteiger partial charge in [0.05, 0.1) is 23.6 Å². The highest BCUT2D eigenvalue weighted by atomic mass is 32.2. The van der Waals surface area contributed by atoms with Crippen molar-refractivity contribution in [1.82, 2.24) is 14.6 Å². The number of thioether (sulfide) groups is 1. The lowest BCUT2D eigenvalue weighted by atomic mass is 10.1. The molecule has 0 aliphatic carbocycles. The lowest BCUT2D eigenvalue weighted by Crippen LogP contribution is -2.15. The van der Waals surface area contributed by atoms with Gasteiger partial charge in [0.2, 0.25) is 5.91 Å². The third-order valence-electron chi connectivity index (χ3n) is 4.85. The molecule has 0 spiro atoms. The van der Waals surface area contributed by atoms with Gasteiger partial charge in [0.25, 0.3) is 0 Å². The van der Waals surface area contributed by atoms with E-state index in [4.69, 9.17) is 4.74 Å². The van der Waals surface area contributed by atoms with E-state index in [1.807, 2.05) is 38.1 Å². The van der Waals surface area contributed by atoms with Crippen molar-refractivity contribution >= 4 is 39.9 Å². The van der Waals surface area contributed by atoms with Gasteiger partial charge in [-0.05, 0) is 68.5 Å². The zero-order valence-electron chi connectivity index (χ0n) is 17.5. The van der Waals surface area contributed by atoms with E-state index < -0.39 is 0 Å². The number of carbonyl (C=O) groups excluding carboxylic acids is 1. The summed E-state index contributed by atoms with van der Waals surface area (Å²) in [6.07, 6.45) is 0. The summed E-state index contributed by atoms with van der Waals surface area (Å²) in [6, 6.07) is 13.9. The summed E-state index contributed by atoms with van der Waals surface area (Å²) in [5, 5.41) is 13.5. The number of anilines is 1. The maximum Gasteiger partial charge on any atom is 0.234 e. The summed E-state index contributed by atoms with van der Waals surface area (Å²) in [5.74, 6) is 0.772. The number of benzene rings is 2. The van der Waals surface area contributed by atoms with Crippen LogP contribution < -0.4 is 10.1 Å². The molecule has 0 fully saturated rings. The third-order valence-corrected chi connectivity index (χ3v) is 5.78. The number of hydrogen-bond acceptors (Lipinski definition) is 5. The lowest BCUT2D eigenvalue weighted by molar-refractivity contribution is -0.113. The van der Waals surface area contributed by atoms with Gasteiger partial charge in [-0.2, -0.15) is 0 Å². The average Bonchev–Trinajstić information content (AvgIpc) is 3.12. The van der Waals surface area contributed by atoms with E-state index in [1.165, 1.54) is 17.3 Å². The molecule has 0 bridgehead atoms. The normalized spacial score (nSPS) is 11.2. The number of nitrogens with zero attached hydrogens (tertiary/aromatic N) is 3. The van der Waals surface area contributed by atoms with Gasteiger partial charge in [-0.3, -0.25) is 9.20 Å². The molecule has 2 aromatic heterocycles. The summed E-state index contributed by atoms with van der Waals surface area (Å²) in [4.78, 5) is 12.6. The van der Waals surface area contributed by atoms with Gasteiger partial charge in [-0.15, -0.1) is 10.2 Å². The summed E-state index contributed by atoms with van der Waals surface area (Å²) in [7, 11) is 0. The zero-order valence-corrected chi connectivity index (χ0v) is 18.3. The molecule has 4 rings (SSSR count). The Kier molecular flexibility index (Phi) is 5.63. The van der Waals surface area contributed by atoms with Crippen LogP contribution in [-0.4, -0.2) is 32.9 Å². The van der Waals surface area contributed by atoms with Crippen LogP contribution in [-0.2, 0) is 4.79 Å². The number of ether oxygens (including phenoxy) is 1. The van der Waals surface area contributed by atoms with Crippen LogP contribution in [0.5, 0.6) is 5.75 Å². The molecule has 0 unspecified atom stereocenters. The first-order valence-corrected chi connectivity index (χ1v) is 10.9. The molecule has 0 saturated heterocycles.